The standard InChI is InChI=1S/C29H33F3N4/c1-16-10-18(3)27(19(4)11-16)33-22(7)25-14-24(29(30,31)32)15-26-23(8)35(34(9)36(25)26)28-20(5)12-17(2)13-21(28)6/h10-15H,1-9H3. The Bertz CT molecular complexity index is 1330. The lowest BCUT2D eigenvalue weighted by molar-refractivity contribution is -0.0890. The Morgan fingerprint density at radius 1 is 0.750 bits per heavy atom. The highest BCUT2D eigenvalue weighted by Crippen LogP contribution is 2.43. The van der Waals surface area contributed by atoms with Gasteiger partial charge < -0.3 is 0 Å². The van der Waals surface area contributed by atoms with E-state index in [9.17, 15) is 13.2 Å². The van der Waals surface area contributed by atoms with Crippen LogP contribution in [0.4, 0.5) is 24.5 Å². The molecule has 0 aromatic heterocycles. The van der Waals surface area contributed by atoms with E-state index in [0.29, 0.717) is 17.1 Å². The van der Waals surface area contributed by atoms with Crippen molar-refractivity contribution in [2.24, 2.45) is 4.99 Å². The molecule has 4 nitrogen and oxygen atoms in total. The molecule has 190 valence electrons. The van der Waals surface area contributed by atoms with Gasteiger partial charge in [0.05, 0.1) is 39.8 Å². The first-order chi connectivity index (χ1) is 16.7. The molecule has 0 spiro atoms. The number of fused-ring (bicyclic) bond motifs is 1. The van der Waals surface area contributed by atoms with Crippen molar-refractivity contribution in [2.75, 3.05) is 12.1 Å². The molecule has 36 heavy (non-hydrogen) atoms. The Labute approximate surface area is 211 Å². The van der Waals surface area contributed by atoms with E-state index < -0.39 is 11.7 Å². The Balaban J connectivity index is 1.90. The molecule has 2 heterocycles. The van der Waals surface area contributed by atoms with Crippen LogP contribution < -0.4 is 5.01 Å². The number of hydrogen-bond donors (Lipinski definition) is 0. The molecule has 0 atom stereocenters. The molecule has 0 unspecified atom stereocenters. The third-order valence-electron chi connectivity index (χ3n) is 6.77. The van der Waals surface area contributed by atoms with Gasteiger partial charge in [0, 0.05) is 7.05 Å². The van der Waals surface area contributed by atoms with Crippen LogP contribution in [0.5, 0.6) is 0 Å². The van der Waals surface area contributed by atoms with Crippen LogP contribution in [-0.2, 0) is 0 Å². The zero-order valence-corrected chi connectivity index (χ0v) is 22.4. The van der Waals surface area contributed by atoms with E-state index in [1.54, 1.807) is 6.92 Å². The number of halogens is 3. The summed E-state index contributed by atoms with van der Waals surface area (Å²) in [5, 5.41) is 5.68. The molecule has 0 N–H and O–H groups in total. The zero-order valence-electron chi connectivity index (χ0n) is 22.4. The van der Waals surface area contributed by atoms with Gasteiger partial charge in [0.25, 0.3) is 0 Å². The summed E-state index contributed by atoms with van der Waals surface area (Å²) in [6, 6.07) is 8.26. The quantitative estimate of drug-likeness (QED) is 0.406. The van der Waals surface area contributed by atoms with Gasteiger partial charge in [-0.05, 0) is 89.8 Å². The predicted molar refractivity (Wildman–Crippen MR) is 141 cm³/mol. The monoisotopic (exact) mass is 494 g/mol. The first-order valence-corrected chi connectivity index (χ1v) is 12.0. The van der Waals surface area contributed by atoms with E-state index in [0.717, 1.165) is 50.5 Å². The fourth-order valence-corrected chi connectivity index (χ4v) is 5.39. The van der Waals surface area contributed by atoms with Gasteiger partial charge in [0.15, 0.2) is 0 Å². The van der Waals surface area contributed by atoms with Crippen molar-refractivity contribution in [2.45, 2.75) is 61.6 Å². The lowest BCUT2D eigenvalue weighted by Crippen LogP contribution is -2.45. The van der Waals surface area contributed by atoms with Crippen LogP contribution in [0.2, 0.25) is 0 Å². The van der Waals surface area contributed by atoms with Crippen LogP contribution >= 0.6 is 0 Å². The number of anilines is 1. The molecule has 0 fully saturated rings. The molecule has 0 aliphatic carbocycles. The van der Waals surface area contributed by atoms with E-state index in [2.05, 4.69) is 12.1 Å². The van der Waals surface area contributed by atoms with Gasteiger partial charge in [-0.2, -0.15) is 13.2 Å². The fourth-order valence-electron chi connectivity index (χ4n) is 5.39. The summed E-state index contributed by atoms with van der Waals surface area (Å²) in [5.41, 5.74) is 9.52. The number of hydrogen-bond acceptors (Lipinski definition) is 4. The molecular formula is C29H33F3N4. The Kier molecular flexibility index (Phi) is 6.41. The molecule has 4 rings (SSSR count). The summed E-state index contributed by atoms with van der Waals surface area (Å²) >= 11 is 0. The minimum absolute atomic E-state index is 0.394. The molecule has 2 aromatic carbocycles. The Morgan fingerprint density at radius 3 is 1.75 bits per heavy atom. The molecule has 0 saturated carbocycles. The number of hydrazine groups is 2. The molecule has 0 amide bonds. The second kappa shape index (κ2) is 8.96. The molecule has 2 aliphatic heterocycles. The normalized spacial score (nSPS) is 17.1. The highest BCUT2D eigenvalue weighted by Gasteiger charge is 2.42. The van der Waals surface area contributed by atoms with Gasteiger partial charge in [0.2, 0.25) is 0 Å². The van der Waals surface area contributed by atoms with E-state index in [4.69, 9.17) is 4.99 Å². The maximum Gasteiger partial charge on any atom is 0.416 e. The number of aryl methyl sites for hydroxylation is 6. The van der Waals surface area contributed by atoms with Crippen molar-refractivity contribution in [1.82, 2.24) is 10.1 Å². The van der Waals surface area contributed by atoms with Gasteiger partial charge >= 0.3 is 6.18 Å². The first kappa shape index (κ1) is 25.8. The van der Waals surface area contributed by atoms with Gasteiger partial charge in [-0.3, -0.25) is 15.0 Å². The minimum Gasteiger partial charge on any atom is -0.258 e. The molecule has 0 saturated heterocycles. The molecule has 0 bridgehead atoms. The van der Waals surface area contributed by atoms with E-state index >= 15 is 0 Å². The van der Waals surface area contributed by atoms with Crippen molar-refractivity contribution in [3.63, 3.8) is 0 Å². The third-order valence-corrected chi connectivity index (χ3v) is 6.77. The highest BCUT2D eigenvalue weighted by molar-refractivity contribution is 6.01. The average molecular weight is 495 g/mol. The number of rotatable bonds is 3. The predicted octanol–water partition coefficient (Wildman–Crippen LogP) is 7.83. The summed E-state index contributed by atoms with van der Waals surface area (Å²) in [7, 11) is 1.87. The highest BCUT2D eigenvalue weighted by atomic mass is 19.4. The van der Waals surface area contributed by atoms with Crippen LogP contribution in [0.15, 0.2) is 64.1 Å². The summed E-state index contributed by atoms with van der Waals surface area (Å²) in [6.45, 7) is 15.7. The second-order valence-corrected chi connectivity index (χ2v) is 9.90. The van der Waals surface area contributed by atoms with Gasteiger partial charge in [-0.15, -0.1) is 5.12 Å². The average Bonchev–Trinajstić information content (AvgIpc) is 2.99. The first-order valence-electron chi connectivity index (χ1n) is 12.0. The fraction of sp³-hybridized carbons (Fsp3) is 0.345. The maximum absolute atomic E-state index is 14.0. The maximum atomic E-state index is 14.0. The summed E-state index contributed by atoms with van der Waals surface area (Å²) in [6.07, 6.45) is -2.06. The van der Waals surface area contributed by atoms with E-state index in [1.807, 2.05) is 82.8 Å². The van der Waals surface area contributed by atoms with Crippen molar-refractivity contribution < 1.29 is 13.2 Å². The molecule has 2 aromatic rings. The van der Waals surface area contributed by atoms with Crippen LogP contribution in [0.3, 0.4) is 0 Å². The van der Waals surface area contributed by atoms with Crippen LogP contribution in [-0.4, -0.2) is 29.1 Å². The van der Waals surface area contributed by atoms with Crippen molar-refractivity contribution in [3.05, 3.63) is 92.5 Å². The van der Waals surface area contributed by atoms with Gasteiger partial charge in [-0.25, -0.2) is 0 Å². The Morgan fingerprint density at radius 2 is 1.25 bits per heavy atom. The third kappa shape index (κ3) is 4.37. The number of allylic oxidation sites excluding steroid dienone is 5. The number of alkyl halides is 3. The lowest BCUT2D eigenvalue weighted by Gasteiger charge is -2.38. The van der Waals surface area contributed by atoms with Crippen molar-refractivity contribution >= 4 is 17.1 Å². The van der Waals surface area contributed by atoms with Crippen molar-refractivity contribution in [3.8, 4) is 0 Å². The number of benzene rings is 2. The van der Waals surface area contributed by atoms with Crippen molar-refractivity contribution in [1.29, 1.82) is 0 Å². The van der Waals surface area contributed by atoms with Gasteiger partial charge in [0.1, 0.15) is 0 Å². The largest absolute Gasteiger partial charge is 0.416 e. The van der Waals surface area contributed by atoms with Crippen LogP contribution in [0, 0.1) is 41.5 Å². The van der Waals surface area contributed by atoms with Gasteiger partial charge in [-0.1, -0.05) is 35.4 Å². The molecular weight excluding hydrogens is 461 g/mol. The number of nitrogens with zero attached hydrogens (tertiary/aromatic N) is 4. The van der Waals surface area contributed by atoms with E-state index in [1.165, 1.54) is 12.2 Å². The van der Waals surface area contributed by atoms with E-state index in [-0.39, 0.29) is 0 Å². The number of aliphatic imine (C=N–C) groups is 1. The van der Waals surface area contributed by atoms with Crippen LogP contribution in [0.1, 0.15) is 47.2 Å². The SMILES string of the molecule is CC(=Nc1c(C)cc(C)cc1C)C1=CC(C(F)(F)F)=CC2=C(C)N(c3c(C)cc(C)cc3C)N(C)N12. The molecule has 2 aliphatic rings. The topological polar surface area (TPSA) is 22.1 Å². The summed E-state index contributed by atoms with van der Waals surface area (Å²) < 4.78 is 42.1. The van der Waals surface area contributed by atoms with Crippen LogP contribution in [0.25, 0.3) is 0 Å². The lowest BCUT2D eigenvalue weighted by atomic mass is 10.0. The molecule has 7 heteroatoms. The smallest absolute Gasteiger partial charge is 0.258 e. The molecule has 0 radical (unpaired) electrons. The zero-order chi connectivity index (χ0) is 26.7. The summed E-state index contributed by atoms with van der Waals surface area (Å²) in [5.74, 6) is 0. The second-order valence-electron chi connectivity index (χ2n) is 9.90. The summed E-state index contributed by atoms with van der Waals surface area (Å²) in [4.78, 5) is 4.85. The Hall–Kier alpha value is -3.32. The minimum atomic E-state index is -4.48.